The van der Waals surface area contributed by atoms with Crippen LogP contribution in [0.4, 0.5) is 5.69 Å². The summed E-state index contributed by atoms with van der Waals surface area (Å²) in [6.07, 6.45) is 3.46. The fourth-order valence-electron chi connectivity index (χ4n) is 5.67. The van der Waals surface area contributed by atoms with Gasteiger partial charge in [-0.1, -0.05) is 36.7 Å². The Morgan fingerprint density at radius 2 is 2.07 bits per heavy atom. The number of nitrogens with zero attached hydrogens (tertiary/aromatic N) is 1. The van der Waals surface area contributed by atoms with Gasteiger partial charge in [0.25, 0.3) is 0 Å². The molecule has 1 amide bonds. The zero-order valence-electron chi connectivity index (χ0n) is 17.4. The van der Waals surface area contributed by atoms with Gasteiger partial charge in [-0.25, -0.2) is 4.79 Å². The number of H-pyrrole nitrogens is 1. The van der Waals surface area contributed by atoms with Gasteiger partial charge in [0.05, 0.1) is 19.3 Å². The quantitative estimate of drug-likeness (QED) is 0.654. The number of likely N-dealkylation sites (tertiary alicyclic amines) is 1. The van der Waals surface area contributed by atoms with E-state index in [1.807, 2.05) is 18.2 Å². The fraction of sp³-hybridized carbons (Fsp3) is 0.545. The highest BCUT2D eigenvalue weighted by Gasteiger charge is 2.49. The van der Waals surface area contributed by atoms with Crippen LogP contribution in [0.2, 0.25) is 0 Å². The van der Waals surface area contributed by atoms with Gasteiger partial charge in [0.1, 0.15) is 5.69 Å². The van der Waals surface area contributed by atoms with E-state index < -0.39 is 5.97 Å². The molecule has 0 spiro atoms. The Hall–Kier alpha value is -1.86. The molecule has 1 aliphatic carbocycles. The van der Waals surface area contributed by atoms with Crippen molar-refractivity contribution in [2.75, 3.05) is 25.5 Å². The van der Waals surface area contributed by atoms with E-state index in [1.165, 1.54) is 13.5 Å². The second-order valence-electron chi connectivity index (χ2n) is 9.72. The number of anilines is 1. The topological polar surface area (TPSA) is 74.4 Å². The summed E-state index contributed by atoms with van der Waals surface area (Å²) >= 11 is 3.46. The Morgan fingerprint density at radius 1 is 1.31 bits per heavy atom. The van der Waals surface area contributed by atoms with E-state index in [9.17, 15) is 9.59 Å². The lowest BCUT2D eigenvalue weighted by molar-refractivity contribution is -0.117. The molecule has 7 heteroatoms. The maximum Gasteiger partial charge on any atom is 0.356 e. The average Bonchev–Trinajstić information content (AvgIpc) is 3.07. The van der Waals surface area contributed by atoms with E-state index in [1.54, 1.807) is 0 Å². The molecule has 0 unspecified atom stereocenters. The summed E-state index contributed by atoms with van der Waals surface area (Å²) in [7, 11) is 1.34. The van der Waals surface area contributed by atoms with Crippen LogP contribution in [-0.2, 0) is 9.53 Å². The highest BCUT2D eigenvalue weighted by molar-refractivity contribution is 9.10. The Kier molecular flexibility index (Phi) is 5.02. The molecule has 2 aliphatic rings. The third-order valence-corrected chi connectivity index (χ3v) is 6.78. The van der Waals surface area contributed by atoms with Crippen molar-refractivity contribution in [2.45, 2.75) is 46.1 Å². The predicted octanol–water partition coefficient (Wildman–Crippen LogP) is 4.56. The lowest BCUT2D eigenvalue weighted by atomic mass is 9.65. The number of benzene rings is 1. The maximum absolute atomic E-state index is 13.0. The summed E-state index contributed by atoms with van der Waals surface area (Å²) in [5, 5.41) is 3.76. The number of carbonyl (C=O) groups is 2. The number of esters is 1. The second kappa shape index (κ2) is 7.13. The van der Waals surface area contributed by atoms with Crippen LogP contribution in [0.3, 0.4) is 0 Å². The number of hydrogen-bond acceptors (Lipinski definition) is 4. The Labute approximate surface area is 179 Å². The number of aromatic nitrogens is 1. The first kappa shape index (κ1) is 20.4. The summed E-state index contributed by atoms with van der Waals surface area (Å²) in [5.41, 5.74) is 2.10. The number of ether oxygens (including phenoxy) is 1. The molecule has 2 heterocycles. The summed E-state index contributed by atoms with van der Waals surface area (Å²) < 4.78 is 5.78. The number of halogens is 1. The lowest BCUT2D eigenvalue weighted by Gasteiger charge is -2.39. The SMILES string of the molecule is COC(=O)c1[nH]c2ccc(Br)cc2c1NC(=O)CN1C[C@@]2(C)C[C@@H]1CC(C)(C)C2. The van der Waals surface area contributed by atoms with Crippen molar-refractivity contribution in [3.05, 3.63) is 28.4 Å². The van der Waals surface area contributed by atoms with Gasteiger partial charge >= 0.3 is 5.97 Å². The summed E-state index contributed by atoms with van der Waals surface area (Å²) in [5.74, 6) is -0.608. The molecule has 1 aromatic carbocycles. The minimum atomic E-state index is -0.501. The van der Waals surface area contributed by atoms with Gasteiger partial charge in [0.2, 0.25) is 5.91 Å². The molecule has 1 aliphatic heterocycles. The number of aromatic amines is 1. The van der Waals surface area contributed by atoms with Gasteiger partial charge in [-0.3, -0.25) is 9.69 Å². The van der Waals surface area contributed by atoms with E-state index >= 15 is 0 Å². The standard InChI is InChI=1S/C22H28BrN3O3/c1-21(2)8-14-9-22(3,11-21)12-26(14)10-17(27)25-18-15-7-13(23)5-6-16(15)24-19(18)20(28)29-4/h5-7,14,24H,8-12H2,1-4H3,(H,25,27)/t14-,22-/m0/s1. The molecule has 6 nitrogen and oxygen atoms in total. The van der Waals surface area contributed by atoms with Crippen LogP contribution in [0.1, 0.15) is 50.5 Å². The first-order valence-corrected chi connectivity index (χ1v) is 10.8. The van der Waals surface area contributed by atoms with Crippen molar-refractivity contribution in [1.29, 1.82) is 0 Å². The van der Waals surface area contributed by atoms with Crippen molar-refractivity contribution < 1.29 is 14.3 Å². The molecule has 2 fully saturated rings. The van der Waals surface area contributed by atoms with Crippen LogP contribution in [0.25, 0.3) is 10.9 Å². The van der Waals surface area contributed by atoms with Crippen molar-refractivity contribution in [3.8, 4) is 0 Å². The molecule has 156 valence electrons. The second-order valence-corrected chi connectivity index (χ2v) is 10.6. The average molecular weight is 462 g/mol. The third kappa shape index (κ3) is 3.94. The van der Waals surface area contributed by atoms with Crippen LogP contribution in [-0.4, -0.2) is 48.0 Å². The minimum absolute atomic E-state index is 0.106. The van der Waals surface area contributed by atoms with Gasteiger partial charge < -0.3 is 15.0 Å². The molecule has 2 aromatic rings. The van der Waals surface area contributed by atoms with E-state index in [0.717, 1.165) is 34.8 Å². The molecular weight excluding hydrogens is 434 g/mol. The Morgan fingerprint density at radius 3 is 2.79 bits per heavy atom. The minimum Gasteiger partial charge on any atom is -0.464 e. The highest BCUT2D eigenvalue weighted by atomic mass is 79.9. The molecule has 1 saturated heterocycles. The molecule has 1 saturated carbocycles. The van der Waals surface area contributed by atoms with Gasteiger partial charge in [-0.2, -0.15) is 0 Å². The first-order chi connectivity index (χ1) is 13.6. The van der Waals surface area contributed by atoms with Gasteiger partial charge in [-0.15, -0.1) is 0 Å². The summed E-state index contributed by atoms with van der Waals surface area (Å²) in [6, 6.07) is 6.08. The van der Waals surface area contributed by atoms with Gasteiger partial charge in [-0.05, 0) is 48.3 Å². The van der Waals surface area contributed by atoms with Gasteiger partial charge in [0, 0.05) is 28.0 Å². The molecule has 0 radical (unpaired) electrons. The number of methoxy groups -OCH3 is 1. The van der Waals surface area contributed by atoms with Crippen molar-refractivity contribution in [2.24, 2.45) is 10.8 Å². The summed E-state index contributed by atoms with van der Waals surface area (Å²) in [6.45, 7) is 8.27. The van der Waals surface area contributed by atoms with Crippen LogP contribution in [0, 0.1) is 10.8 Å². The van der Waals surface area contributed by atoms with Crippen LogP contribution >= 0.6 is 15.9 Å². The number of rotatable bonds is 4. The molecule has 4 rings (SSSR count). The highest BCUT2D eigenvalue weighted by Crippen LogP contribution is 2.52. The van der Waals surface area contributed by atoms with E-state index in [2.05, 4.69) is 51.9 Å². The van der Waals surface area contributed by atoms with E-state index in [-0.39, 0.29) is 17.0 Å². The Balaban J connectivity index is 1.57. The molecule has 1 aromatic heterocycles. The van der Waals surface area contributed by atoms with Crippen molar-refractivity contribution in [3.63, 3.8) is 0 Å². The predicted molar refractivity (Wildman–Crippen MR) is 117 cm³/mol. The van der Waals surface area contributed by atoms with Crippen LogP contribution in [0.5, 0.6) is 0 Å². The zero-order valence-corrected chi connectivity index (χ0v) is 19.0. The largest absolute Gasteiger partial charge is 0.464 e. The number of amides is 1. The number of nitrogens with one attached hydrogen (secondary N) is 2. The lowest BCUT2D eigenvalue weighted by Crippen LogP contribution is -2.38. The van der Waals surface area contributed by atoms with Crippen LogP contribution < -0.4 is 5.32 Å². The zero-order chi connectivity index (χ0) is 21.0. The van der Waals surface area contributed by atoms with E-state index in [0.29, 0.717) is 23.7 Å². The monoisotopic (exact) mass is 461 g/mol. The van der Waals surface area contributed by atoms with Crippen molar-refractivity contribution in [1.82, 2.24) is 9.88 Å². The van der Waals surface area contributed by atoms with Gasteiger partial charge in [0.15, 0.2) is 0 Å². The molecule has 2 bridgehead atoms. The Bertz CT molecular complexity index is 983. The number of hydrogen-bond donors (Lipinski definition) is 2. The number of carbonyl (C=O) groups excluding carboxylic acids is 2. The maximum atomic E-state index is 13.0. The number of fused-ring (bicyclic) bond motifs is 3. The molecule has 2 N–H and O–H groups in total. The first-order valence-electron chi connectivity index (χ1n) is 10.0. The smallest absolute Gasteiger partial charge is 0.356 e. The third-order valence-electron chi connectivity index (χ3n) is 6.28. The van der Waals surface area contributed by atoms with Crippen molar-refractivity contribution >= 4 is 44.4 Å². The fourth-order valence-corrected chi connectivity index (χ4v) is 6.04. The van der Waals surface area contributed by atoms with Crippen LogP contribution in [0.15, 0.2) is 22.7 Å². The van der Waals surface area contributed by atoms with E-state index in [4.69, 9.17) is 4.74 Å². The normalized spacial score (nSPS) is 25.9. The molecular formula is C22H28BrN3O3. The summed E-state index contributed by atoms with van der Waals surface area (Å²) in [4.78, 5) is 30.6. The molecule has 2 atom stereocenters. The molecule has 29 heavy (non-hydrogen) atoms.